The molecule has 2 aromatic carbocycles. The maximum atomic E-state index is 12.0. The molecule has 0 radical (unpaired) electrons. The predicted molar refractivity (Wildman–Crippen MR) is 91.7 cm³/mol. The number of hydrogen-bond donors (Lipinski definition) is 0. The van der Waals surface area contributed by atoms with Gasteiger partial charge < -0.3 is 0 Å². The van der Waals surface area contributed by atoms with Gasteiger partial charge in [0.2, 0.25) is 0 Å². The van der Waals surface area contributed by atoms with Gasteiger partial charge in [0.1, 0.15) is 0 Å². The van der Waals surface area contributed by atoms with Gasteiger partial charge in [-0.3, -0.25) is 9.59 Å². The first kappa shape index (κ1) is 16.5. The third kappa shape index (κ3) is 4.85. The minimum atomic E-state index is 0.116. The van der Waals surface area contributed by atoms with Crippen LogP contribution in [0.15, 0.2) is 59.5 Å². The van der Waals surface area contributed by atoms with Crippen LogP contribution in [-0.4, -0.2) is 17.3 Å². The second kappa shape index (κ2) is 7.95. The summed E-state index contributed by atoms with van der Waals surface area (Å²) >= 11 is 1.50. The van der Waals surface area contributed by atoms with Crippen LogP contribution in [0, 0.1) is 5.92 Å². The lowest BCUT2D eigenvalue weighted by Crippen LogP contribution is -2.03. The first-order valence-corrected chi connectivity index (χ1v) is 8.39. The van der Waals surface area contributed by atoms with Crippen molar-refractivity contribution < 1.29 is 9.59 Å². The molecule has 0 aliphatic heterocycles. The number of ketones is 2. The van der Waals surface area contributed by atoms with Gasteiger partial charge >= 0.3 is 0 Å². The number of carbonyl (C=O) groups is 2. The molecule has 0 amide bonds. The van der Waals surface area contributed by atoms with E-state index in [0.29, 0.717) is 18.1 Å². The molecule has 0 N–H and O–H groups in total. The normalized spacial score (nSPS) is 10.7. The standard InChI is InChI=1S/C19H20O2S/c1-14(2)12-18(20)16-8-10-17(11-9-16)22-13-19(21)15-6-4-3-5-7-15/h3-11,14H,12-13H2,1-2H3. The summed E-state index contributed by atoms with van der Waals surface area (Å²) in [4.78, 5) is 25.0. The Labute approximate surface area is 135 Å². The molecule has 0 spiro atoms. The van der Waals surface area contributed by atoms with Crippen molar-refractivity contribution in [2.24, 2.45) is 5.92 Å². The van der Waals surface area contributed by atoms with E-state index < -0.39 is 0 Å². The first-order chi connectivity index (χ1) is 10.6. The van der Waals surface area contributed by atoms with Gasteiger partial charge in [0.15, 0.2) is 11.6 Å². The summed E-state index contributed by atoms with van der Waals surface area (Å²) in [6.07, 6.45) is 0.568. The van der Waals surface area contributed by atoms with E-state index in [1.54, 1.807) is 0 Å². The molecule has 0 unspecified atom stereocenters. The smallest absolute Gasteiger partial charge is 0.173 e. The highest BCUT2D eigenvalue weighted by Gasteiger charge is 2.09. The Kier molecular flexibility index (Phi) is 5.96. The number of benzene rings is 2. The van der Waals surface area contributed by atoms with E-state index >= 15 is 0 Å². The van der Waals surface area contributed by atoms with Gasteiger partial charge in [0, 0.05) is 22.4 Å². The summed E-state index contributed by atoms with van der Waals surface area (Å²) in [6.45, 7) is 4.08. The molecule has 3 heteroatoms. The fourth-order valence-electron chi connectivity index (χ4n) is 2.08. The molecule has 0 fully saturated rings. The van der Waals surface area contributed by atoms with E-state index in [4.69, 9.17) is 0 Å². The van der Waals surface area contributed by atoms with Crippen molar-refractivity contribution in [3.63, 3.8) is 0 Å². The zero-order valence-corrected chi connectivity index (χ0v) is 13.7. The highest BCUT2D eigenvalue weighted by atomic mass is 32.2. The molecule has 0 heterocycles. The molecule has 2 aromatic rings. The lowest BCUT2D eigenvalue weighted by Gasteiger charge is -2.05. The van der Waals surface area contributed by atoms with E-state index in [0.717, 1.165) is 16.0 Å². The monoisotopic (exact) mass is 312 g/mol. The van der Waals surface area contributed by atoms with Gasteiger partial charge in [-0.25, -0.2) is 0 Å². The lowest BCUT2D eigenvalue weighted by molar-refractivity contribution is 0.0966. The van der Waals surface area contributed by atoms with Crippen LogP contribution in [0.4, 0.5) is 0 Å². The van der Waals surface area contributed by atoms with Crippen LogP contribution in [0.25, 0.3) is 0 Å². The van der Waals surface area contributed by atoms with Crippen LogP contribution in [0.3, 0.4) is 0 Å². The van der Waals surface area contributed by atoms with Crippen LogP contribution in [0.5, 0.6) is 0 Å². The Morgan fingerprint density at radius 3 is 2.05 bits per heavy atom. The molecular formula is C19H20O2S. The van der Waals surface area contributed by atoms with Gasteiger partial charge in [-0.15, -0.1) is 11.8 Å². The maximum Gasteiger partial charge on any atom is 0.173 e. The Hall–Kier alpha value is -1.87. The average molecular weight is 312 g/mol. The number of thioether (sulfide) groups is 1. The fraction of sp³-hybridized carbons (Fsp3) is 0.263. The summed E-state index contributed by atoms with van der Waals surface area (Å²) in [5.41, 5.74) is 1.48. The third-order valence-corrected chi connectivity index (χ3v) is 4.25. The van der Waals surface area contributed by atoms with Crippen LogP contribution in [0.2, 0.25) is 0 Å². The fourth-order valence-corrected chi connectivity index (χ4v) is 2.87. The number of Topliss-reactive ketones (excluding diaryl/α,β-unsaturated/α-hetero) is 2. The van der Waals surface area contributed by atoms with Gasteiger partial charge in [-0.2, -0.15) is 0 Å². The van der Waals surface area contributed by atoms with E-state index in [-0.39, 0.29) is 11.6 Å². The number of carbonyl (C=O) groups excluding carboxylic acids is 2. The molecule has 2 nitrogen and oxygen atoms in total. The molecule has 0 aliphatic rings. The Morgan fingerprint density at radius 2 is 1.45 bits per heavy atom. The van der Waals surface area contributed by atoms with Crippen molar-refractivity contribution in [3.05, 3.63) is 65.7 Å². The quantitative estimate of drug-likeness (QED) is 0.539. The Morgan fingerprint density at radius 1 is 0.864 bits per heavy atom. The molecular weight excluding hydrogens is 292 g/mol. The molecule has 114 valence electrons. The van der Waals surface area contributed by atoms with Crippen LogP contribution >= 0.6 is 11.8 Å². The zero-order chi connectivity index (χ0) is 15.9. The topological polar surface area (TPSA) is 34.1 Å². The van der Waals surface area contributed by atoms with E-state index in [2.05, 4.69) is 0 Å². The van der Waals surface area contributed by atoms with Gasteiger partial charge in [0.25, 0.3) is 0 Å². The minimum Gasteiger partial charge on any atom is -0.294 e. The molecule has 2 rings (SSSR count). The first-order valence-electron chi connectivity index (χ1n) is 7.40. The summed E-state index contributed by atoms with van der Waals surface area (Å²) in [5.74, 6) is 1.06. The molecule has 0 aromatic heterocycles. The molecule has 0 bridgehead atoms. The Bertz CT molecular complexity index is 630. The lowest BCUT2D eigenvalue weighted by atomic mass is 10.0. The van der Waals surface area contributed by atoms with Crippen molar-refractivity contribution in [1.82, 2.24) is 0 Å². The Balaban J connectivity index is 1.92. The number of rotatable bonds is 7. The van der Waals surface area contributed by atoms with Gasteiger partial charge in [0.05, 0.1) is 5.75 Å². The van der Waals surface area contributed by atoms with Crippen molar-refractivity contribution >= 4 is 23.3 Å². The highest BCUT2D eigenvalue weighted by molar-refractivity contribution is 8.00. The maximum absolute atomic E-state index is 12.0. The van der Waals surface area contributed by atoms with Crippen molar-refractivity contribution in [2.45, 2.75) is 25.2 Å². The third-order valence-electron chi connectivity index (χ3n) is 3.24. The van der Waals surface area contributed by atoms with Crippen molar-refractivity contribution in [1.29, 1.82) is 0 Å². The molecule has 0 saturated heterocycles. The SMILES string of the molecule is CC(C)CC(=O)c1ccc(SCC(=O)c2ccccc2)cc1. The van der Waals surface area contributed by atoms with E-state index in [1.807, 2.05) is 68.4 Å². The van der Waals surface area contributed by atoms with Gasteiger partial charge in [-0.05, 0) is 18.1 Å². The predicted octanol–water partition coefficient (Wildman–Crippen LogP) is 4.89. The van der Waals surface area contributed by atoms with Crippen LogP contribution in [-0.2, 0) is 0 Å². The molecule has 0 saturated carbocycles. The largest absolute Gasteiger partial charge is 0.294 e. The summed E-state index contributed by atoms with van der Waals surface area (Å²) in [5, 5.41) is 0. The second-order valence-electron chi connectivity index (χ2n) is 5.62. The number of hydrogen-bond acceptors (Lipinski definition) is 3. The minimum absolute atomic E-state index is 0.116. The van der Waals surface area contributed by atoms with E-state index in [9.17, 15) is 9.59 Å². The van der Waals surface area contributed by atoms with E-state index in [1.165, 1.54) is 11.8 Å². The molecule has 0 aliphatic carbocycles. The second-order valence-corrected chi connectivity index (χ2v) is 6.67. The average Bonchev–Trinajstić information content (AvgIpc) is 2.53. The summed E-state index contributed by atoms with van der Waals surface area (Å²) in [6, 6.07) is 16.8. The van der Waals surface area contributed by atoms with Crippen LogP contribution in [0.1, 0.15) is 41.0 Å². The highest BCUT2D eigenvalue weighted by Crippen LogP contribution is 2.21. The molecule has 0 atom stereocenters. The molecule has 22 heavy (non-hydrogen) atoms. The van der Waals surface area contributed by atoms with Gasteiger partial charge in [-0.1, -0.05) is 56.3 Å². The van der Waals surface area contributed by atoms with Crippen molar-refractivity contribution in [3.8, 4) is 0 Å². The summed E-state index contributed by atoms with van der Waals surface area (Å²) < 4.78 is 0. The van der Waals surface area contributed by atoms with Crippen LogP contribution < -0.4 is 0 Å². The summed E-state index contributed by atoms with van der Waals surface area (Å²) in [7, 11) is 0. The van der Waals surface area contributed by atoms with Crippen molar-refractivity contribution in [2.75, 3.05) is 5.75 Å². The zero-order valence-electron chi connectivity index (χ0n) is 12.9.